The highest BCUT2D eigenvalue weighted by Crippen LogP contribution is 2.24. The molecule has 0 heterocycles. The van der Waals surface area contributed by atoms with Crippen molar-refractivity contribution in [2.24, 2.45) is 5.10 Å². The van der Waals surface area contributed by atoms with Crippen molar-refractivity contribution in [3.8, 4) is 11.5 Å². The van der Waals surface area contributed by atoms with Gasteiger partial charge in [0.05, 0.1) is 16.3 Å². The predicted molar refractivity (Wildman–Crippen MR) is 123 cm³/mol. The van der Waals surface area contributed by atoms with E-state index in [0.29, 0.717) is 27.6 Å². The van der Waals surface area contributed by atoms with E-state index in [2.05, 4.69) is 26.5 Å². The van der Waals surface area contributed by atoms with Crippen molar-refractivity contribution >= 4 is 45.6 Å². The van der Waals surface area contributed by atoms with E-state index in [4.69, 9.17) is 21.1 Å². The summed E-state index contributed by atoms with van der Waals surface area (Å²) in [4.78, 5) is 24.3. The fourth-order valence-corrected chi connectivity index (χ4v) is 3.02. The molecule has 0 aliphatic carbocycles. The van der Waals surface area contributed by atoms with E-state index < -0.39 is 12.1 Å². The maximum absolute atomic E-state index is 12.2. The number of halogens is 2. The third-order valence-corrected chi connectivity index (χ3v) is 4.94. The number of rotatable bonds is 7. The van der Waals surface area contributed by atoms with Crippen LogP contribution >= 0.6 is 27.5 Å². The van der Waals surface area contributed by atoms with Crippen molar-refractivity contribution < 1.29 is 19.1 Å². The zero-order valence-electron chi connectivity index (χ0n) is 16.4. The van der Waals surface area contributed by atoms with Crippen LogP contribution in [-0.4, -0.2) is 24.2 Å². The number of amides is 1. The molecule has 0 radical (unpaired) electrons. The molecule has 0 aliphatic heterocycles. The minimum absolute atomic E-state index is 0.361. The lowest BCUT2D eigenvalue weighted by atomic mass is 10.2. The van der Waals surface area contributed by atoms with Gasteiger partial charge < -0.3 is 9.47 Å². The van der Waals surface area contributed by atoms with Crippen LogP contribution in [0.25, 0.3) is 0 Å². The first kappa shape index (κ1) is 22.5. The maximum Gasteiger partial charge on any atom is 0.343 e. The number of hydrogen-bond acceptors (Lipinski definition) is 5. The minimum atomic E-state index is -0.732. The summed E-state index contributed by atoms with van der Waals surface area (Å²) in [5.74, 6) is 0.0490. The Morgan fingerprint density at radius 3 is 2.52 bits per heavy atom. The fourth-order valence-electron chi connectivity index (χ4n) is 2.45. The molecule has 0 spiro atoms. The molecule has 0 aromatic heterocycles. The predicted octanol–water partition coefficient (Wildman–Crippen LogP) is 5.24. The molecule has 0 saturated heterocycles. The zero-order chi connectivity index (χ0) is 22.2. The van der Waals surface area contributed by atoms with Crippen molar-refractivity contribution in [2.45, 2.75) is 13.0 Å². The van der Waals surface area contributed by atoms with Gasteiger partial charge in [-0.2, -0.15) is 5.10 Å². The van der Waals surface area contributed by atoms with E-state index in [1.807, 2.05) is 18.2 Å². The maximum atomic E-state index is 12.2. The molecular formula is C23H18BrClN2O4. The van der Waals surface area contributed by atoms with Crippen LogP contribution in [0.4, 0.5) is 0 Å². The minimum Gasteiger partial charge on any atom is -0.480 e. The molecule has 1 amide bonds. The first-order valence-electron chi connectivity index (χ1n) is 9.24. The summed E-state index contributed by atoms with van der Waals surface area (Å²) in [6.45, 7) is 1.63. The van der Waals surface area contributed by atoms with Crippen molar-refractivity contribution in [2.75, 3.05) is 0 Å². The van der Waals surface area contributed by atoms with E-state index in [9.17, 15) is 9.59 Å². The lowest BCUT2D eigenvalue weighted by Crippen LogP contribution is -2.33. The molecule has 0 saturated carbocycles. The van der Waals surface area contributed by atoms with E-state index in [1.165, 1.54) is 12.3 Å². The molecular weight excluding hydrogens is 484 g/mol. The molecule has 1 N–H and O–H groups in total. The van der Waals surface area contributed by atoms with Gasteiger partial charge in [-0.1, -0.05) is 29.8 Å². The summed E-state index contributed by atoms with van der Waals surface area (Å²) in [5, 5.41) is 4.39. The Balaban J connectivity index is 1.51. The third-order valence-electron chi connectivity index (χ3n) is 4.05. The lowest BCUT2D eigenvalue weighted by molar-refractivity contribution is -0.127. The van der Waals surface area contributed by atoms with E-state index >= 15 is 0 Å². The van der Waals surface area contributed by atoms with E-state index in [1.54, 1.807) is 55.5 Å². The monoisotopic (exact) mass is 500 g/mol. The summed E-state index contributed by atoms with van der Waals surface area (Å²) in [5.41, 5.74) is 3.51. The smallest absolute Gasteiger partial charge is 0.343 e. The SMILES string of the molecule is C[C@@H](Oc1ccccc1Br)C(=O)N/N=C\c1ccc(OC(=O)c2cccc(Cl)c2)cc1. The van der Waals surface area contributed by atoms with Crippen LogP contribution in [-0.2, 0) is 4.79 Å². The molecule has 3 aromatic rings. The standard InChI is InChI=1S/C23H18BrClN2O4/c1-15(30-21-8-3-2-7-20(21)24)22(28)27-26-14-16-9-11-19(12-10-16)31-23(29)17-5-4-6-18(25)13-17/h2-15H,1H3,(H,27,28)/b26-14-/t15-/m1/s1. The second kappa shape index (κ2) is 10.7. The van der Waals surface area contributed by atoms with Crippen molar-refractivity contribution in [3.05, 3.63) is 93.4 Å². The largest absolute Gasteiger partial charge is 0.480 e. The van der Waals surface area contributed by atoms with Crippen molar-refractivity contribution in [3.63, 3.8) is 0 Å². The summed E-state index contributed by atoms with van der Waals surface area (Å²) in [7, 11) is 0. The second-order valence-electron chi connectivity index (χ2n) is 6.39. The van der Waals surface area contributed by atoms with Crippen molar-refractivity contribution in [1.82, 2.24) is 5.43 Å². The molecule has 0 bridgehead atoms. The normalized spacial score (nSPS) is 11.7. The number of ether oxygens (including phenoxy) is 2. The van der Waals surface area contributed by atoms with E-state index in [-0.39, 0.29) is 5.91 Å². The summed E-state index contributed by atoms with van der Waals surface area (Å²) >= 11 is 9.26. The van der Waals surface area contributed by atoms with Crippen LogP contribution < -0.4 is 14.9 Å². The highest BCUT2D eigenvalue weighted by molar-refractivity contribution is 9.10. The summed E-state index contributed by atoms with van der Waals surface area (Å²) < 4.78 is 11.7. The Morgan fingerprint density at radius 1 is 1.06 bits per heavy atom. The number of hydrazone groups is 1. The first-order chi connectivity index (χ1) is 14.9. The second-order valence-corrected chi connectivity index (χ2v) is 7.68. The van der Waals surface area contributed by atoms with Gasteiger partial charge in [0.15, 0.2) is 6.10 Å². The van der Waals surface area contributed by atoms with Gasteiger partial charge in [0.1, 0.15) is 11.5 Å². The Kier molecular flexibility index (Phi) is 7.81. The topological polar surface area (TPSA) is 77.0 Å². The molecule has 0 fully saturated rings. The highest BCUT2D eigenvalue weighted by Gasteiger charge is 2.15. The first-order valence-corrected chi connectivity index (χ1v) is 10.4. The van der Waals surface area contributed by atoms with Gasteiger partial charge in [0, 0.05) is 5.02 Å². The molecule has 6 nitrogen and oxygen atoms in total. The Labute approximate surface area is 193 Å². The number of carbonyl (C=O) groups excluding carboxylic acids is 2. The Bertz CT molecular complexity index is 1100. The fraction of sp³-hybridized carbons (Fsp3) is 0.0870. The van der Waals surface area contributed by atoms with Crippen LogP contribution in [0.2, 0.25) is 5.02 Å². The van der Waals surface area contributed by atoms with Gasteiger partial charge in [-0.05, 0) is 83.0 Å². The number of nitrogens with zero attached hydrogens (tertiary/aromatic N) is 1. The van der Waals surface area contributed by atoms with Gasteiger partial charge in [-0.3, -0.25) is 4.79 Å². The van der Waals surface area contributed by atoms with Gasteiger partial charge in [0.25, 0.3) is 5.91 Å². The molecule has 0 aliphatic rings. The highest BCUT2D eigenvalue weighted by atomic mass is 79.9. The number of esters is 1. The molecule has 0 unspecified atom stereocenters. The number of hydrogen-bond donors (Lipinski definition) is 1. The van der Waals surface area contributed by atoms with Crippen LogP contribution in [0, 0.1) is 0 Å². The third kappa shape index (κ3) is 6.67. The van der Waals surface area contributed by atoms with Gasteiger partial charge >= 0.3 is 5.97 Å². The van der Waals surface area contributed by atoms with Gasteiger partial charge in [-0.25, -0.2) is 10.2 Å². The number of benzene rings is 3. The van der Waals surface area contributed by atoms with Crippen LogP contribution in [0.3, 0.4) is 0 Å². The number of para-hydroxylation sites is 1. The van der Waals surface area contributed by atoms with Crippen molar-refractivity contribution in [1.29, 1.82) is 0 Å². The van der Waals surface area contributed by atoms with Crippen LogP contribution in [0.15, 0.2) is 82.4 Å². The lowest BCUT2D eigenvalue weighted by Gasteiger charge is -2.13. The van der Waals surface area contributed by atoms with E-state index in [0.717, 1.165) is 4.47 Å². The van der Waals surface area contributed by atoms with Crippen LogP contribution in [0.5, 0.6) is 11.5 Å². The molecule has 31 heavy (non-hydrogen) atoms. The molecule has 8 heteroatoms. The quantitative estimate of drug-likeness (QED) is 0.208. The van der Waals surface area contributed by atoms with Gasteiger partial charge in [-0.15, -0.1) is 0 Å². The van der Waals surface area contributed by atoms with Crippen LogP contribution in [0.1, 0.15) is 22.8 Å². The Hall–Kier alpha value is -3.16. The molecule has 1 atom stereocenters. The van der Waals surface area contributed by atoms with Gasteiger partial charge in [0.2, 0.25) is 0 Å². The Morgan fingerprint density at radius 2 is 1.81 bits per heavy atom. The number of nitrogens with one attached hydrogen (secondary N) is 1. The number of carbonyl (C=O) groups is 2. The average Bonchev–Trinajstić information content (AvgIpc) is 2.76. The summed E-state index contributed by atoms with van der Waals surface area (Å²) in [6, 6.07) is 20.5. The average molecular weight is 502 g/mol. The molecule has 158 valence electrons. The molecule has 3 aromatic carbocycles. The molecule has 3 rings (SSSR count). The zero-order valence-corrected chi connectivity index (χ0v) is 18.8. The summed E-state index contributed by atoms with van der Waals surface area (Å²) in [6.07, 6.45) is 0.746.